The van der Waals surface area contributed by atoms with Crippen molar-refractivity contribution in [1.82, 2.24) is 4.57 Å². The molecule has 6 rings (SSSR count). The fourth-order valence-electron chi connectivity index (χ4n) is 7.43. The molecule has 0 saturated carbocycles. The van der Waals surface area contributed by atoms with Crippen LogP contribution in [0.3, 0.4) is 0 Å². The van der Waals surface area contributed by atoms with E-state index >= 15 is 0 Å². The second kappa shape index (κ2) is 17.3. The maximum absolute atomic E-state index is 14.7. The normalized spacial score (nSPS) is 16.7. The highest BCUT2D eigenvalue weighted by molar-refractivity contribution is 6.12. The highest BCUT2D eigenvalue weighted by Crippen LogP contribution is 2.43. The van der Waals surface area contributed by atoms with Gasteiger partial charge in [0.2, 0.25) is 0 Å². The highest BCUT2D eigenvalue weighted by atomic mass is 19.1. The largest absolute Gasteiger partial charge is 0.489 e. The van der Waals surface area contributed by atoms with E-state index in [-0.39, 0.29) is 42.2 Å². The summed E-state index contributed by atoms with van der Waals surface area (Å²) in [5, 5.41) is 3.17. The van der Waals surface area contributed by atoms with Crippen LogP contribution in [0.2, 0.25) is 0 Å². The van der Waals surface area contributed by atoms with E-state index < -0.39 is 11.4 Å². The van der Waals surface area contributed by atoms with Crippen LogP contribution in [0.4, 0.5) is 10.1 Å². The standard InChI is InChI=1S/C47H53FN2O6/c1-31(2)43-42(45(52)49-36-22-24-37(25-23-36)53-30-32-14-10-8-11-15-32)41(33-16-12-9-13-17-33)44(34-18-20-35(48)21-19-34)50(43)27-26-38-28-39(55-47(6,7)54-38)29-40(51)56-46(3,4)5/h8-25,31,38-39H,26-30H2,1-7H3,(H,49,52)/t38-,39+/m1/s1. The Hall–Kier alpha value is -5.25. The number of halogens is 1. The highest BCUT2D eigenvalue weighted by Gasteiger charge is 2.38. The van der Waals surface area contributed by atoms with Gasteiger partial charge in [-0.2, -0.15) is 0 Å². The summed E-state index contributed by atoms with van der Waals surface area (Å²) in [7, 11) is 0. The molecule has 2 heterocycles. The number of rotatable bonds is 13. The molecule has 0 bridgehead atoms. The van der Waals surface area contributed by atoms with Crippen LogP contribution >= 0.6 is 0 Å². The van der Waals surface area contributed by atoms with Gasteiger partial charge in [-0.3, -0.25) is 9.59 Å². The average molecular weight is 761 g/mol. The number of nitrogens with one attached hydrogen (secondary N) is 1. The molecule has 0 radical (unpaired) electrons. The number of aromatic nitrogens is 1. The van der Waals surface area contributed by atoms with Crippen LogP contribution in [0, 0.1) is 5.82 Å². The second-order valence-corrected chi connectivity index (χ2v) is 16.1. The molecule has 2 atom stereocenters. The number of anilines is 1. The van der Waals surface area contributed by atoms with Gasteiger partial charge in [0.1, 0.15) is 23.8 Å². The Balaban J connectivity index is 1.36. The first-order chi connectivity index (χ1) is 26.7. The molecule has 0 aliphatic carbocycles. The van der Waals surface area contributed by atoms with E-state index in [4.69, 9.17) is 18.9 Å². The van der Waals surface area contributed by atoms with Gasteiger partial charge in [-0.1, -0.05) is 74.5 Å². The van der Waals surface area contributed by atoms with Gasteiger partial charge in [-0.25, -0.2) is 4.39 Å². The van der Waals surface area contributed by atoms with Crippen LogP contribution in [0.25, 0.3) is 22.4 Å². The fraction of sp³-hybridized carbons (Fsp3) is 0.362. The smallest absolute Gasteiger partial charge is 0.308 e. The molecule has 8 nitrogen and oxygen atoms in total. The number of carbonyl (C=O) groups is 2. The Morgan fingerprint density at radius 1 is 0.857 bits per heavy atom. The van der Waals surface area contributed by atoms with E-state index in [2.05, 4.69) is 23.7 Å². The lowest BCUT2D eigenvalue weighted by atomic mass is 9.94. The number of amides is 1. The zero-order valence-corrected chi connectivity index (χ0v) is 33.4. The molecule has 0 spiro atoms. The van der Waals surface area contributed by atoms with Gasteiger partial charge in [0, 0.05) is 29.9 Å². The minimum atomic E-state index is -0.921. The summed E-state index contributed by atoms with van der Waals surface area (Å²) in [6.07, 6.45) is 0.539. The number of ether oxygens (including phenoxy) is 4. The SMILES string of the molecule is CC(C)c1c(C(=O)Nc2ccc(OCc3ccccc3)cc2)c(-c2ccccc2)c(-c2ccc(F)cc2)n1CC[C@@H]1C[C@@H](CC(=O)OC(C)(C)C)OC(C)(C)O1. The van der Waals surface area contributed by atoms with E-state index in [1.807, 2.05) is 120 Å². The third-order valence-electron chi connectivity index (χ3n) is 9.53. The van der Waals surface area contributed by atoms with Crippen molar-refractivity contribution >= 4 is 17.6 Å². The van der Waals surface area contributed by atoms with E-state index in [1.54, 1.807) is 12.1 Å². The zero-order chi connectivity index (χ0) is 40.0. The summed E-state index contributed by atoms with van der Waals surface area (Å²) in [6.45, 7) is 14.3. The number of esters is 1. The predicted molar refractivity (Wildman–Crippen MR) is 218 cm³/mol. The van der Waals surface area contributed by atoms with Crippen LogP contribution in [0.15, 0.2) is 109 Å². The zero-order valence-electron chi connectivity index (χ0n) is 33.4. The van der Waals surface area contributed by atoms with Gasteiger partial charge in [0.05, 0.1) is 29.9 Å². The molecule has 1 aromatic heterocycles. The van der Waals surface area contributed by atoms with Crippen molar-refractivity contribution < 1.29 is 32.9 Å². The van der Waals surface area contributed by atoms with Gasteiger partial charge >= 0.3 is 5.97 Å². The molecule has 1 fully saturated rings. The monoisotopic (exact) mass is 760 g/mol. The molecule has 56 heavy (non-hydrogen) atoms. The Bertz CT molecular complexity index is 2090. The molecule has 5 aromatic rings. The molecule has 1 aliphatic heterocycles. The maximum atomic E-state index is 14.7. The number of hydrogen-bond donors (Lipinski definition) is 1. The molecule has 0 unspecified atom stereocenters. The first-order valence-electron chi connectivity index (χ1n) is 19.4. The van der Waals surface area contributed by atoms with Gasteiger partial charge in [-0.05, 0) is 112 Å². The van der Waals surface area contributed by atoms with Crippen LogP contribution in [-0.4, -0.2) is 40.0 Å². The third kappa shape index (κ3) is 10.3. The Labute approximate surface area is 329 Å². The van der Waals surface area contributed by atoms with Gasteiger partial charge in [0.25, 0.3) is 5.91 Å². The molecule has 1 N–H and O–H groups in total. The Morgan fingerprint density at radius 3 is 2.11 bits per heavy atom. The van der Waals surface area contributed by atoms with Crippen LogP contribution in [0.1, 0.15) is 95.3 Å². The molecule has 9 heteroatoms. The van der Waals surface area contributed by atoms with Crippen molar-refractivity contribution in [1.29, 1.82) is 0 Å². The second-order valence-electron chi connectivity index (χ2n) is 16.1. The van der Waals surface area contributed by atoms with Gasteiger partial charge < -0.3 is 28.8 Å². The van der Waals surface area contributed by atoms with Gasteiger partial charge in [-0.15, -0.1) is 0 Å². The topological polar surface area (TPSA) is 88.0 Å². The van der Waals surface area contributed by atoms with Crippen molar-refractivity contribution in [3.8, 4) is 28.1 Å². The fourth-order valence-corrected chi connectivity index (χ4v) is 7.43. The van der Waals surface area contributed by atoms with Crippen LogP contribution < -0.4 is 10.1 Å². The van der Waals surface area contributed by atoms with E-state index in [0.717, 1.165) is 33.6 Å². The molecule has 1 aliphatic rings. The molecule has 1 amide bonds. The van der Waals surface area contributed by atoms with Crippen LogP contribution in [-0.2, 0) is 32.2 Å². The maximum Gasteiger partial charge on any atom is 0.308 e. The summed E-state index contributed by atoms with van der Waals surface area (Å²) in [5.41, 5.74) is 5.70. The number of hydrogen-bond acceptors (Lipinski definition) is 6. The number of carbonyl (C=O) groups excluding carboxylic acids is 2. The first kappa shape index (κ1) is 40.4. The molecular formula is C47H53FN2O6. The molecular weight excluding hydrogens is 708 g/mol. The van der Waals surface area contributed by atoms with Gasteiger partial charge in [0.15, 0.2) is 5.79 Å². The van der Waals surface area contributed by atoms with E-state index in [1.165, 1.54) is 12.1 Å². The predicted octanol–water partition coefficient (Wildman–Crippen LogP) is 10.9. The van der Waals surface area contributed by atoms with Crippen LogP contribution in [0.5, 0.6) is 5.75 Å². The number of nitrogens with zero attached hydrogens (tertiary/aromatic N) is 1. The van der Waals surface area contributed by atoms with Crippen molar-refractivity contribution in [2.45, 2.75) is 110 Å². The van der Waals surface area contributed by atoms with E-state index in [9.17, 15) is 14.0 Å². The molecule has 1 saturated heterocycles. The van der Waals surface area contributed by atoms with Crippen molar-refractivity contribution in [2.24, 2.45) is 0 Å². The van der Waals surface area contributed by atoms with Crippen molar-refractivity contribution in [3.63, 3.8) is 0 Å². The lowest BCUT2D eigenvalue weighted by Gasteiger charge is -2.41. The summed E-state index contributed by atoms with van der Waals surface area (Å²) in [5.74, 6) is -1.23. The minimum Gasteiger partial charge on any atom is -0.489 e. The Kier molecular flexibility index (Phi) is 12.5. The summed E-state index contributed by atoms with van der Waals surface area (Å²) in [6, 6.07) is 33.6. The quantitative estimate of drug-likeness (QED) is 0.120. The molecule has 294 valence electrons. The minimum absolute atomic E-state index is 0.0758. The van der Waals surface area contributed by atoms with Crippen molar-refractivity contribution in [2.75, 3.05) is 5.32 Å². The Morgan fingerprint density at radius 2 is 1.48 bits per heavy atom. The third-order valence-corrected chi connectivity index (χ3v) is 9.53. The summed E-state index contributed by atoms with van der Waals surface area (Å²) in [4.78, 5) is 27.5. The molecule has 4 aromatic carbocycles. The summed E-state index contributed by atoms with van der Waals surface area (Å²) < 4.78 is 40.8. The lowest BCUT2D eigenvalue weighted by Crippen LogP contribution is -2.46. The lowest BCUT2D eigenvalue weighted by molar-refractivity contribution is -0.301. The average Bonchev–Trinajstić information content (AvgIpc) is 3.49. The number of benzene rings is 4. The van der Waals surface area contributed by atoms with Crippen molar-refractivity contribution in [3.05, 3.63) is 132 Å². The first-order valence-corrected chi connectivity index (χ1v) is 19.4. The van der Waals surface area contributed by atoms with E-state index in [0.29, 0.717) is 43.0 Å². The summed E-state index contributed by atoms with van der Waals surface area (Å²) >= 11 is 0.